The molecule has 0 unspecified atom stereocenters. The number of nitrogens with zero attached hydrogens (tertiary/aromatic N) is 1. The summed E-state index contributed by atoms with van der Waals surface area (Å²) in [5.74, 6) is 2.53. The third kappa shape index (κ3) is 7.10. The quantitative estimate of drug-likeness (QED) is 0.316. The van der Waals surface area contributed by atoms with E-state index in [0.717, 1.165) is 63.8 Å². The number of halogens is 1. The van der Waals surface area contributed by atoms with Gasteiger partial charge in [0.2, 0.25) is 0 Å². The molecule has 1 saturated heterocycles. The monoisotopic (exact) mass is 503 g/mol. The average molecular weight is 503 g/mol. The van der Waals surface area contributed by atoms with Crippen LogP contribution in [0.4, 0.5) is 0 Å². The molecule has 1 fully saturated rings. The van der Waals surface area contributed by atoms with Crippen molar-refractivity contribution in [3.63, 3.8) is 0 Å². The van der Waals surface area contributed by atoms with Gasteiger partial charge < -0.3 is 20.1 Å². The van der Waals surface area contributed by atoms with Gasteiger partial charge in [0.25, 0.3) is 0 Å². The lowest BCUT2D eigenvalue weighted by atomic mass is 9.73. The van der Waals surface area contributed by atoms with Gasteiger partial charge in [-0.3, -0.25) is 4.99 Å². The van der Waals surface area contributed by atoms with Gasteiger partial charge in [-0.15, -0.1) is 24.0 Å². The summed E-state index contributed by atoms with van der Waals surface area (Å²) in [7, 11) is 1.75. The van der Waals surface area contributed by atoms with Crippen molar-refractivity contribution in [1.82, 2.24) is 10.6 Å². The molecular formula is C22H38IN3O2. The zero-order valence-electron chi connectivity index (χ0n) is 18.1. The topological polar surface area (TPSA) is 54.9 Å². The molecule has 5 nitrogen and oxygen atoms in total. The minimum atomic E-state index is -0.0456. The highest BCUT2D eigenvalue weighted by Gasteiger charge is 2.37. The van der Waals surface area contributed by atoms with Crippen molar-refractivity contribution in [1.29, 1.82) is 0 Å². The number of guanidine groups is 1. The summed E-state index contributed by atoms with van der Waals surface area (Å²) in [5.41, 5.74) is 2.47. The van der Waals surface area contributed by atoms with Gasteiger partial charge in [0, 0.05) is 37.3 Å². The zero-order valence-corrected chi connectivity index (χ0v) is 20.5. The number of nitrogens with one attached hydrogen (secondary N) is 2. The SMILES string of the molecule is CCNC(=NCC1(c2cc(C)ccc2OC)CCOCC1)NCCC(C)C.I. The van der Waals surface area contributed by atoms with Crippen molar-refractivity contribution < 1.29 is 9.47 Å². The maximum Gasteiger partial charge on any atom is 0.191 e. The Morgan fingerprint density at radius 1 is 1.25 bits per heavy atom. The van der Waals surface area contributed by atoms with Crippen LogP contribution >= 0.6 is 24.0 Å². The second-order valence-corrected chi connectivity index (χ2v) is 7.90. The molecule has 0 saturated carbocycles. The van der Waals surface area contributed by atoms with Crippen LogP contribution in [0.2, 0.25) is 0 Å². The molecule has 1 heterocycles. The molecule has 0 aliphatic carbocycles. The van der Waals surface area contributed by atoms with Crippen molar-refractivity contribution in [2.75, 3.05) is 40.0 Å². The Kier molecular flexibility index (Phi) is 11.2. The van der Waals surface area contributed by atoms with E-state index in [9.17, 15) is 0 Å². The molecule has 0 aromatic heterocycles. The fraction of sp³-hybridized carbons (Fsp3) is 0.682. The van der Waals surface area contributed by atoms with E-state index in [-0.39, 0.29) is 29.4 Å². The lowest BCUT2D eigenvalue weighted by Crippen LogP contribution is -2.41. The summed E-state index contributed by atoms with van der Waals surface area (Å²) >= 11 is 0. The second-order valence-electron chi connectivity index (χ2n) is 7.90. The van der Waals surface area contributed by atoms with Gasteiger partial charge in [0.05, 0.1) is 13.7 Å². The highest BCUT2D eigenvalue weighted by atomic mass is 127. The number of rotatable bonds is 8. The Hall–Kier alpha value is -1.02. The minimum absolute atomic E-state index is 0. The molecule has 160 valence electrons. The number of aliphatic imine (C=N–C) groups is 1. The molecule has 0 bridgehead atoms. The predicted octanol–water partition coefficient (Wildman–Crippen LogP) is 4.27. The van der Waals surface area contributed by atoms with Crippen LogP contribution in [-0.2, 0) is 10.2 Å². The normalized spacial score (nSPS) is 16.4. The molecule has 0 atom stereocenters. The first-order valence-corrected chi connectivity index (χ1v) is 10.3. The molecule has 1 aromatic rings. The third-order valence-electron chi connectivity index (χ3n) is 5.27. The number of aryl methyl sites for hydroxylation is 1. The Bertz CT molecular complexity index is 614. The van der Waals surface area contributed by atoms with Crippen molar-refractivity contribution in [3.8, 4) is 5.75 Å². The zero-order chi connectivity index (χ0) is 19.7. The van der Waals surface area contributed by atoms with E-state index in [1.54, 1.807) is 7.11 Å². The second kappa shape index (κ2) is 12.5. The van der Waals surface area contributed by atoms with E-state index >= 15 is 0 Å². The van der Waals surface area contributed by atoms with Crippen LogP contribution in [0.25, 0.3) is 0 Å². The molecule has 2 N–H and O–H groups in total. The Labute approximate surface area is 188 Å². The summed E-state index contributed by atoms with van der Waals surface area (Å²) in [6.45, 7) is 12.8. The number of hydrogen-bond acceptors (Lipinski definition) is 3. The first kappa shape index (κ1) is 25.0. The van der Waals surface area contributed by atoms with Gasteiger partial charge in [-0.2, -0.15) is 0 Å². The Morgan fingerprint density at radius 3 is 2.57 bits per heavy atom. The van der Waals surface area contributed by atoms with Crippen LogP contribution in [0.5, 0.6) is 5.75 Å². The molecule has 0 amide bonds. The van der Waals surface area contributed by atoms with E-state index < -0.39 is 0 Å². The van der Waals surface area contributed by atoms with Gasteiger partial charge >= 0.3 is 0 Å². The van der Waals surface area contributed by atoms with Crippen LogP contribution in [0, 0.1) is 12.8 Å². The summed E-state index contributed by atoms with van der Waals surface area (Å²) in [5, 5.41) is 6.86. The Balaban J connectivity index is 0.00000392. The highest BCUT2D eigenvalue weighted by molar-refractivity contribution is 14.0. The lowest BCUT2D eigenvalue weighted by molar-refractivity contribution is 0.0522. The van der Waals surface area contributed by atoms with Crippen LogP contribution in [0.15, 0.2) is 23.2 Å². The maximum atomic E-state index is 5.70. The number of hydrogen-bond donors (Lipinski definition) is 2. The maximum absolute atomic E-state index is 5.70. The van der Waals surface area contributed by atoms with Gasteiger partial charge in [0.1, 0.15) is 5.75 Å². The smallest absolute Gasteiger partial charge is 0.191 e. The summed E-state index contributed by atoms with van der Waals surface area (Å²) in [6.07, 6.45) is 3.05. The lowest BCUT2D eigenvalue weighted by Gasteiger charge is -2.37. The van der Waals surface area contributed by atoms with E-state index in [4.69, 9.17) is 14.5 Å². The molecule has 2 rings (SSSR count). The molecular weight excluding hydrogens is 465 g/mol. The van der Waals surface area contributed by atoms with Crippen LogP contribution in [0.3, 0.4) is 0 Å². The summed E-state index contributed by atoms with van der Waals surface area (Å²) in [6, 6.07) is 6.45. The number of methoxy groups -OCH3 is 1. The van der Waals surface area contributed by atoms with Gasteiger partial charge in [-0.25, -0.2) is 0 Å². The van der Waals surface area contributed by atoms with Gasteiger partial charge in [-0.1, -0.05) is 31.5 Å². The van der Waals surface area contributed by atoms with E-state index in [2.05, 4.69) is 56.5 Å². The first-order chi connectivity index (χ1) is 13.0. The fourth-order valence-corrected chi connectivity index (χ4v) is 3.56. The van der Waals surface area contributed by atoms with Crippen LogP contribution in [-0.4, -0.2) is 45.9 Å². The molecule has 28 heavy (non-hydrogen) atoms. The molecule has 1 aromatic carbocycles. The average Bonchev–Trinajstić information content (AvgIpc) is 2.66. The fourth-order valence-electron chi connectivity index (χ4n) is 3.56. The summed E-state index contributed by atoms with van der Waals surface area (Å²) < 4.78 is 11.4. The summed E-state index contributed by atoms with van der Waals surface area (Å²) in [4.78, 5) is 4.97. The van der Waals surface area contributed by atoms with Crippen molar-refractivity contribution in [2.45, 2.75) is 52.4 Å². The van der Waals surface area contributed by atoms with Crippen LogP contribution < -0.4 is 15.4 Å². The van der Waals surface area contributed by atoms with Crippen molar-refractivity contribution in [3.05, 3.63) is 29.3 Å². The molecule has 0 spiro atoms. The van der Waals surface area contributed by atoms with Crippen molar-refractivity contribution >= 4 is 29.9 Å². The standard InChI is InChI=1S/C22H37N3O2.HI/c1-6-23-21(24-12-9-17(2)3)25-16-22(10-13-27-14-11-22)19-15-18(4)7-8-20(19)26-5;/h7-8,15,17H,6,9-14,16H2,1-5H3,(H2,23,24,25);1H. The first-order valence-electron chi connectivity index (χ1n) is 10.3. The van der Waals surface area contributed by atoms with E-state index in [1.807, 2.05) is 0 Å². The van der Waals surface area contributed by atoms with Gasteiger partial charge in [0.15, 0.2) is 5.96 Å². The molecule has 0 radical (unpaired) electrons. The number of ether oxygens (including phenoxy) is 2. The third-order valence-corrected chi connectivity index (χ3v) is 5.27. The molecule has 1 aliphatic rings. The van der Waals surface area contributed by atoms with Crippen molar-refractivity contribution in [2.24, 2.45) is 10.9 Å². The largest absolute Gasteiger partial charge is 0.496 e. The van der Waals surface area contributed by atoms with E-state index in [0.29, 0.717) is 5.92 Å². The molecule has 1 aliphatic heterocycles. The number of benzene rings is 1. The highest BCUT2D eigenvalue weighted by Crippen LogP contribution is 2.40. The minimum Gasteiger partial charge on any atom is -0.496 e. The Morgan fingerprint density at radius 2 is 1.96 bits per heavy atom. The molecule has 6 heteroatoms. The van der Waals surface area contributed by atoms with Crippen LogP contribution in [0.1, 0.15) is 51.2 Å². The van der Waals surface area contributed by atoms with Gasteiger partial charge in [-0.05, 0) is 45.1 Å². The predicted molar refractivity (Wildman–Crippen MR) is 128 cm³/mol. The van der Waals surface area contributed by atoms with E-state index in [1.165, 1.54) is 11.1 Å².